The van der Waals surface area contributed by atoms with Crippen molar-refractivity contribution in [1.29, 1.82) is 0 Å². The number of carboxylic acids is 2. The lowest BCUT2D eigenvalue weighted by atomic mass is 9.99. The van der Waals surface area contributed by atoms with E-state index < -0.39 is 134 Å². The number of benzene rings is 4. The van der Waals surface area contributed by atoms with Gasteiger partial charge in [0.1, 0.15) is 61.3 Å². The van der Waals surface area contributed by atoms with Crippen LogP contribution in [0.5, 0.6) is 34.5 Å². The van der Waals surface area contributed by atoms with Crippen LogP contribution in [0.25, 0.3) is 0 Å². The number of carbonyl (C=O) groups excluding carboxylic acids is 5. The highest BCUT2D eigenvalue weighted by Crippen LogP contribution is 2.45. The van der Waals surface area contributed by atoms with Gasteiger partial charge < -0.3 is 108 Å². The molecule has 0 radical (unpaired) electrons. The van der Waals surface area contributed by atoms with Gasteiger partial charge in [-0.3, -0.25) is 17.9 Å². The number of aliphatic carboxylic acids is 2. The number of rotatable bonds is 21. The number of hydrogen-bond acceptors (Lipinski definition) is 25. The van der Waals surface area contributed by atoms with E-state index in [1.165, 1.54) is 90.7 Å². The maximum absolute atomic E-state index is 14.4. The van der Waals surface area contributed by atoms with E-state index in [-0.39, 0.29) is 114 Å². The Hall–Kier alpha value is -8.62. The molecule has 6 aliphatic heterocycles. The molecule has 4 aromatic carbocycles. The number of halogens is 1. The van der Waals surface area contributed by atoms with Crippen molar-refractivity contribution >= 4 is 76.1 Å². The molecule has 0 spiro atoms. The highest BCUT2D eigenvalue weighted by molar-refractivity contribution is 14.1. The van der Waals surface area contributed by atoms with E-state index in [1.807, 2.05) is 0 Å². The first-order chi connectivity index (χ1) is 45.3. The first-order valence-electron chi connectivity index (χ1n) is 29.6. The van der Waals surface area contributed by atoms with Gasteiger partial charge in [0.2, 0.25) is 12.6 Å². The average Bonchev–Trinajstić information content (AvgIpc) is 1.63. The van der Waals surface area contributed by atoms with Crippen LogP contribution in [0, 0.1) is 0 Å². The largest absolute Gasteiger partial charge is 0.493 e. The van der Waals surface area contributed by atoms with E-state index in [1.54, 1.807) is 22.9 Å². The highest BCUT2D eigenvalue weighted by Gasteiger charge is 2.52. The summed E-state index contributed by atoms with van der Waals surface area (Å²) in [6, 6.07) is 13.2. The van der Waals surface area contributed by atoms with Crippen LogP contribution in [0.2, 0.25) is 0 Å². The molecule has 95 heavy (non-hydrogen) atoms. The third kappa shape index (κ3) is 14.2. The van der Waals surface area contributed by atoms with Crippen molar-refractivity contribution in [1.82, 2.24) is 13.3 Å². The van der Waals surface area contributed by atoms with E-state index in [4.69, 9.17) is 47.4 Å². The number of carbonyl (C=O) groups is 7. The minimum Gasteiger partial charge on any atom is -0.493 e. The fraction of sp³-hybridized carbons (Fsp3) is 0.435. The van der Waals surface area contributed by atoms with Gasteiger partial charge >= 0.3 is 24.1 Å². The third-order valence-electron chi connectivity index (χ3n) is 16.7. The lowest BCUT2D eigenvalue weighted by Gasteiger charge is -2.38. The van der Waals surface area contributed by atoms with Gasteiger partial charge in [-0.25, -0.2) is 29.0 Å². The van der Waals surface area contributed by atoms with E-state index >= 15 is 0 Å². The van der Waals surface area contributed by atoms with Crippen LogP contribution < -0.4 is 41.8 Å². The maximum atomic E-state index is 14.4. The number of nitrogens with one attached hydrogen (secondary N) is 1. The van der Waals surface area contributed by atoms with Crippen LogP contribution >= 0.6 is 22.9 Å². The van der Waals surface area contributed by atoms with Crippen molar-refractivity contribution in [2.75, 3.05) is 50.3 Å². The van der Waals surface area contributed by atoms with E-state index in [0.717, 1.165) is 9.80 Å². The summed E-state index contributed by atoms with van der Waals surface area (Å²) in [4.78, 5) is 98.2. The number of hydrogen-bond donors (Lipinski definition) is 11. The molecule has 11 N–H and O–H groups in total. The van der Waals surface area contributed by atoms with Crippen LogP contribution in [0.4, 0.5) is 21.0 Å². The summed E-state index contributed by atoms with van der Waals surface area (Å²) in [6.45, 7) is 7.40. The molecule has 10 rings (SSSR count). The summed E-state index contributed by atoms with van der Waals surface area (Å²) in [5.74, 6) is -4.86. The summed E-state index contributed by atoms with van der Waals surface area (Å²) in [5, 5.41) is 104. The number of aliphatic hydroxyl groups is 8. The molecule has 5 amide bonds. The molecule has 0 saturated carbocycles. The predicted molar refractivity (Wildman–Crippen MR) is 330 cm³/mol. The zero-order chi connectivity index (χ0) is 68.4. The molecule has 4 aromatic rings. The van der Waals surface area contributed by atoms with Crippen molar-refractivity contribution < 1.29 is 132 Å². The van der Waals surface area contributed by atoms with Crippen molar-refractivity contribution in [3.8, 4) is 34.5 Å². The fourth-order valence-electron chi connectivity index (χ4n) is 11.8. The summed E-state index contributed by atoms with van der Waals surface area (Å²) in [5.41, 5.74) is 1.42. The van der Waals surface area contributed by atoms with Crippen LogP contribution in [-0.2, 0) is 41.8 Å². The van der Waals surface area contributed by atoms with Crippen LogP contribution in [-0.4, -0.2) is 229 Å². The molecular formula is C62H68IN5O27. The highest BCUT2D eigenvalue weighted by atomic mass is 127. The summed E-state index contributed by atoms with van der Waals surface area (Å²) in [6.07, 6.45) is -22.9. The smallest absolute Gasteiger partial charge is 0.416 e. The van der Waals surface area contributed by atoms with E-state index in [9.17, 15) is 84.6 Å². The van der Waals surface area contributed by atoms with Gasteiger partial charge in [0.15, 0.2) is 47.7 Å². The van der Waals surface area contributed by atoms with Crippen molar-refractivity contribution in [2.45, 2.75) is 131 Å². The van der Waals surface area contributed by atoms with Crippen molar-refractivity contribution in [3.05, 3.63) is 119 Å². The number of nitrogens with zero attached hydrogens (tertiary/aromatic N) is 4. The molecule has 0 aliphatic carbocycles. The van der Waals surface area contributed by atoms with E-state index in [2.05, 4.69) is 16.7 Å². The zero-order valence-corrected chi connectivity index (χ0v) is 52.9. The first kappa shape index (κ1) is 69.2. The number of anilines is 2. The average molecular weight is 1440 g/mol. The molecule has 33 heteroatoms. The van der Waals surface area contributed by atoms with Gasteiger partial charge in [0.05, 0.1) is 90.4 Å². The molecule has 6 heterocycles. The summed E-state index contributed by atoms with van der Waals surface area (Å²) >= 11 is 1.55. The minimum atomic E-state index is -2.01. The zero-order valence-electron chi connectivity index (χ0n) is 50.7. The Labute approximate surface area is 553 Å². The summed E-state index contributed by atoms with van der Waals surface area (Å²) < 4.78 is 59.3. The molecule has 3 unspecified atom stereocenters. The predicted octanol–water partition coefficient (Wildman–Crippen LogP) is 1.45. The lowest BCUT2D eigenvalue weighted by molar-refractivity contribution is -0.271. The van der Waals surface area contributed by atoms with Gasteiger partial charge in [-0.05, 0) is 79.6 Å². The van der Waals surface area contributed by atoms with Crippen LogP contribution in [0.3, 0.4) is 0 Å². The van der Waals surface area contributed by atoms with Gasteiger partial charge in [0, 0.05) is 25.2 Å². The van der Waals surface area contributed by atoms with Gasteiger partial charge in [0.25, 0.3) is 17.7 Å². The quantitative estimate of drug-likeness (QED) is 0.0243. The molecule has 32 nitrogen and oxygen atoms in total. The van der Waals surface area contributed by atoms with Crippen molar-refractivity contribution in [3.63, 3.8) is 0 Å². The molecule has 6 aliphatic rings. The monoisotopic (exact) mass is 1440 g/mol. The Bertz CT molecular complexity index is 3630. The standard InChI is InChI=1S/C62H68IN5O27/c1-27-16-37-55(78)67(61(84)90-25-29-8-11-31(12-9-29)92-59-48(73)44(69)46(71)50(94-59)57(80)81)35-21-42(40(86-3)19-32(35)53(76)65(37)23-27)88-14-6-5-7-15-89-43-22-36-33(20-41(43)87-4)54(77)66-24-28(2)17-38(66)56(79)68(36)62(85)91-26-30-10-13-39(34(18-30)52(75)64-63)93-60-49(74)45(70)47(72)51(95-60)58(82)83/h8-13,18-22,37-38,44-51,55-56,59-60,69-74,78-79H,1-2,5-7,14-17,23-26H2,3-4H3,(H,64,75)(H,80,81)(H,82,83)/t37?,38-,44-,45-,46-,47-,48+,49+,50-,51-,55?,56?,59+,60+/m0/s1. The van der Waals surface area contributed by atoms with Crippen LogP contribution in [0.15, 0.2) is 91.0 Å². The lowest BCUT2D eigenvalue weighted by Crippen LogP contribution is -2.61. The molecule has 14 atom stereocenters. The van der Waals surface area contributed by atoms with Crippen molar-refractivity contribution in [2.24, 2.45) is 0 Å². The number of fused-ring (bicyclic) bond motifs is 4. The SMILES string of the molecule is C=C1CC2C(O)N(C(=O)OCc3ccc(O[C@@H]4O[C@H](C(=O)O)[C@@H](O)[C@H](O)[C@H]4O)cc3)c3cc(OCCCCCOc4cc5c(cc4OC)C(=O)N4CC(=C)C[C@H]4C(O)N5C(=O)OCc4ccc(O[C@@H]5O[C@H](C(=O)O)[C@@H](O)[C@H](O)[C@H]5O)c(C(=O)NI)c4)c(OC)cc3C(=O)N2C1. The van der Waals surface area contributed by atoms with Gasteiger partial charge in [-0.2, -0.15) is 0 Å². The first-order valence-corrected chi connectivity index (χ1v) is 30.7. The molecule has 510 valence electrons. The number of ether oxygens (including phenoxy) is 10. The number of carboxylic acid groups (broad SMARTS) is 2. The second-order valence-corrected chi connectivity index (χ2v) is 23.5. The topological polar surface area (TPSA) is 439 Å². The molecule has 0 aromatic heterocycles. The van der Waals surface area contributed by atoms with E-state index in [0.29, 0.717) is 36.0 Å². The summed E-state index contributed by atoms with van der Waals surface area (Å²) in [7, 11) is 2.71. The van der Waals surface area contributed by atoms with Crippen LogP contribution in [0.1, 0.15) is 74.3 Å². The Balaban J connectivity index is 0.796. The normalized spacial score (nSPS) is 27.0. The maximum Gasteiger partial charge on any atom is 0.416 e. The molecule has 4 fully saturated rings. The van der Waals surface area contributed by atoms with Gasteiger partial charge in [-0.15, -0.1) is 0 Å². The third-order valence-corrected chi connectivity index (χ3v) is 17.2. The fourth-order valence-corrected chi connectivity index (χ4v) is 12.1. The number of methoxy groups -OCH3 is 2. The second kappa shape index (κ2) is 29.2. The minimum absolute atomic E-state index is 0.0112. The number of aliphatic hydroxyl groups excluding tert-OH is 8. The van der Waals surface area contributed by atoms with Gasteiger partial charge in [-0.1, -0.05) is 42.5 Å². The molecular weight excluding hydrogens is 1370 g/mol. The molecule has 4 saturated heterocycles. The number of amides is 5. The Kier molecular flexibility index (Phi) is 21.2. The Morgan fingerprint density at radius 1 is 0.558 bits per heavy atom. The molecule has 0 bridgehead atoms. The Morgan fingerprint density at radius 3 is 1.44 bits per heavy atom. The Morgan fingerprint density at radius 2 is 1.00 bits per heavy atom. The number of unbranched alkanes of at least 4 members (excludes halogenated alkanes) is 2. The second-order valence-electron chi connectivity index (χ2n) is 23.0.